The average molecular weight is 262 g/mol. The molecule has 4 nitrogen and oxygen atoms in total. The minimum atomic E-state index is -0.305. The van der Waals surface area contributed by atoms with Gasteiger partial charge in [-0.3, -0.25) is 4.79 Å². The van der Waals surface area contributed by atoms with E-state index in [4.69, 9.17) is 10.00 Å². The molecule has 0 radical (unpaired) electrons. The highest BCUT2D eigenvalue weighted by molar-refractivity contribution is 5.77. The third-order valence-corrected chi connectivity index (χ3v) is 3.15. The molecule has 0 aliphatic carbocycles. The number of rotatable bonds is 4. The Bertz CT molecular complexity index is 481. The molecule has 0 bridgehead atoms. The van der Waals surface area contributed by atoms with E-state index in [0.29, 0.717) is 31.9 Å². The Labute approximate surface area is 111 Å². The van der Waals surface area contributed by atoms with Crippen molar-refractivity contribution in [1.29, 1.82) is 5.26 Å². The number of nitrogens with zero attached hydrogens (tertiary/aromatic N) is 2. The van der Waals surface area contributed by atoms with Gasteiger partial charge in [-0.1, -0.05) is 0 Å². The number of benzene rings is 1. The van der Waals surface area contributed by atoms with Gasteiger partial charge in [-0.15, -0.1) is 0 Å². The second-order valence-electron chi connectivity index (χ2n) is 4.50. The molecule has 1 atom stereocenters. The third kappa shape index (κ3) is 3.68. The number of carbonyl (C=O) groups excluding carboxylic acids is 1. The van der Waals surface area contributed by atoms with Gasteiger partial charge in [0.05, 0.1) is 18.5 Å². The summed E-state index contributed by atoms with van der Waals surface area (Å²) < 4.78 is 18.1. The van der Waals surface area contributed by atoms with Crippen molar-refractivity contribution >= 4 is 5.91 Å². The quantitative estimate of drug-likeness (QED) is 0.833. The summed E-state index contributed by atoms with van der Waals surface area (Å²) in [6.45, 7) is 1.47. The Morgan fingerprint density at radius 3 is 2.79 bits per heavy atom. The predicted molar refractivity (Wildman–Crippen MR) is 66.8 cm³/mol. The topological polar surface area (TPSA) is 53.3 Å². The molecule has 0 N–H and O–H groups in total. The number of hydrogen-bond acceptors (Lipinski definition) is 3. The second kappa shape index (κ2) is 6.19. The number of likely N-dealkylation sites (tertiary alicyclic amines) is 1. The van der Waals surface area contributed by atoms with E-state index in [0.717, 1.165) is 6.42 Å². The van der Waals surface area contributed by atoms with Gasteiger partial charge in [0.15, 0.2) is 0 Å². The van der Waals surface area contributed by atoms with Gasteiger partial charge in [-0.2, -0.15) is 5.26 Å². The second-order valence-corrected chi connectivity index (χ2v) is 4.50. The molecule has 1 heterocycles. The van der Waals surface area contributed by atoms with Gasteiger partial charge >= 0.3 is 0 Å². The number of amides is 1. The van der Waals surface area contributed by atoms with E-state index in [1.807, 2.05) is 0 Å². The zero-order chi connectivity index (χ0) is 13.7. The van der Waals surface area contributed by atoms with Crippen molar-refractivity contribution in [3.63, 3.8) is 0 Å². The van der Waals surface area contributed by atoms with Crippen molar-refractivity contribution in [1.82, 2.24) is 4.90 Å². The monoisotopic (exact) mass is 262 g/mol. The fourth-order valence-corrected chi connectivity index (χ4v) is 2.03. The zero-order valence-electron chi connectivity index (χ0n) is 10.5. The van der Waals surface area contributed by atoms with Crippen LogP contribution in [0.4, 0.5) is 4.39 Å². The molecule has 0 saturated carbocycles. The molecule has 0 aromatic heterocycles. The maximum absolute atomic E-state index is 12.7. The standard InChI is InChI=1S/C14H15FN2O2/c15-12-1-3-13(4-2-12)19-8-7-17-6-5-11(10-16)9-14(17)18/h1-4,11H,5-9H2. The van der Waals surface area contributed by atoms with E-state index in [9.17, 15) is 9.18 Å². The van der Waals surface area contributed by atoms with E-state index in [-0.39, 0.29) is 17.6 Å². The summed E-state index contributed by atoms with van der Waals surface area (Å²) in [5, 5.41) is 8.77. The van der Waals surface area contributed by atoms with Crippen LogP contribution in [0.15, 0.2) is 24.3 Å². The van der Waals surface area contributed by atoms with Crippen LogP contribution >= 0.6 is 0 Å². The van der Waals surface area contributed by atoms with Crippen LogP contribution in [0.5, 0.6) is 5.75 Å². The lowest BCUT2D eigenvalue weighted by Gasteiger charge is -2.28. The Hall–Kier alpha value is -2.09. The van der Waals surface area contributed by atoms with Crippen molar-refractivity contribution in [2.75, 3.05) is 19.7 Å². The van der Waals surface area contributed by atoms with E-state index in [1.165, 1.54) is 12.1 Å². The average Bonchev–Trinajstić information content (AvgIpc) is 2.42. The SMILES string of the molecule is N#CC1CCN(CCOc2ccc(F)cc2)C(=O)C1. The molecule has 1 amide bonds. The summed E-state index contributed by atoms with van der Waals surface area (Å²) in [6, 6.07) is 7.90. The predicted octanol–water partition coefficient (Wildman–Crippen LogP) is 1.97. The fraction of sp³-hybridized carbons (Fsp3) is 0.429. The lowest BCUT2D eigenvalue weighted by atomic mass is 9.98. The largest absolute Gasteiger partial charge is 0.492 e. The molecule has 1 aromatic rings. The van der Waals surface area contributed by atoms with Gasteiger partial charge < -0.3 is 9.64 Å². The smallest absolute Gasteiger partial charge is 0.224 e. The molecule has 0 spiro atoms. The van der Waals surface area contributed by atoms with E-state index < -0.39 is 0 Å². The first-order chi connectivity index (χ1) is 9.19. The summed E-state index contributed by atoms with van der Waals surface area (Å²) >= 11 is 0. The van der Waals surface area contributed by atoms with Crippen molar-refractivity contribution in [3.05, 3.63) is 30.1 Å². The molecule has 1 aliphatic rings. The minimum absolute atomic E-state index is 0.000469. The van der Waals surface area contributed by atoms with Crippen LogP contribution in [-0.2, 0) is 4.79 Å². The molecule has 1 fully saturated rings. The zero-order valence-corrected chi connectivity index (χ0v) is 10.5. The van der Waals surface area contributed by atoms with E-state index in [2.05, 4.69) is 6.07 Å². The molecule has 100 valence electrons. The number of halogens is 1. The third-order valence-electron chi connectivity index (χ3n) is 3.15. The van der Waals surface area contributed by atoms with Crippen molar-refractivity contribution in [2.24, 2.45) is 5.92 Å². The van der Waals surface area contributed by atoms with Crippen LogP contribution in [0.1, 0.15) is 12.8 Å². The normalized spacial score (nSPS) is 19.1. The summed E-state index contributed by atoms with van der Waals surface area (Å²) in [5.74, 6) is 0.129. The number of hydrogen-bond donors (Lipinski definition) is 0. The van der Waals surface area contributed by atoms with E-state index >= 15 is 0 Å². The number of ether oxygens (including phenoxy) is 1. The summed E-state index contributed by atoms with van der Waals surface area (Å²) in [4.78, 5) is 13.4. The first kappa shape index (κ1) is 13.3. The number of nitriles is 1. The van der Waals surface area contributed by atoms with Crippen molar-refractivity contribution < 1.29 is 13.9 Å². The van der Waals surface area contributed by atoms with Gasteiger partial charge in [-0.05, 0) is 30.7 Å². The van der Waals surface area contributed by atoms with E-state index in [1.54, 1.807) is 17.0 Å². The van der Waals surface area contributed by atoms with Gasteiger partial charge in [-0.25, -0.2) is 4.39 Å². The number of piperidine rings is 1. The molecule has 1 aliphatic heterocycles. The van der Waals surface area contributed by atoms with Crippen LogP contribution < -0.4 is 4.74 Å². The lowest BCUT2D eigenvalue weighted by Crippen LogP contribution is -2.40. The van der Waals surface area contributed by atoms with Crippen LogP contribution in [-0.4, -0.2) is 30.5 Å². The minimum Gasteiger partial charge on any atom is -0.492 e. The van der Waals surface area contributed by atoms with Crippen LogP contribution in [0.3, 0.4) is 0 Å². The molecule has 2 rings (SSSR count). The fourth-order valence-electron chi connectivity index (χ4n) is 2.03. The molecule has 1 aromatic carbocycles. The van der Waals surface area contributed by atoms with Crippen molar-refractivity contribution in [2.45, 2.75) is 12.8 Å². The number of carbonyl (C=O) groups is 1. The van der Waals surface area contributed by atoms with Crippen LogP contribution in [0, 0.1) is 23.1 Å². The highest BCUT2D eigenvalue weighted by atomic mass is 19.1. The first-order valence-electron chi connectivity index (χ1n) is 6.25. The molecular weight excluding hydrogens is 247 g/mol. The highest BCUT2D eigenvalue weighted by Crippen LogP contribution is 2.17. The Kier molecular flexibility index (Phi) is 4.35. The van der Waals surface area contributed by atoms with Crippen LogP contribution in [0.2, 0.25) is 0 Å². The molecular formula is C14H15FN2O2. The lowest BCUT2D eigenvalue weighted by molar-refractivity contribution is -0.134. The summed E-state index contributed by atoms with van der Waals surface area (Å²) in [5.41, 5.74) is 0. The van der Waals surface area contributed by atoms with Gasteiger partial charge in [0.25, 0.3) is 0 Å². The van der Waals surface area contributed by atoms with Gasteiger partial charge in [0.1, 0.15) is 18.2 Å². The molecule has 19 heavy (non-hydrogen) atoms. The molecule has 1 saturated heterocycles. The molecule has 5 heteroatoms. The Morgan fingerprint density at radius 1 is 1.42 bits per heavy atom. The maximum atomic E-state index is 12.7. The Morgan fingerprint density at radius 2 is 2.16 bits per heavy atom. The Balaban J connectivity index is 1.76. The molecule has 1 unspecified atom stereocenters. The first-order valence-corrected chi connectivity index (χ1v) is 6.25. The van der Waals surface area contributed by atoms with Crippen LogP contribution in [0.25, 0.3) is 0 Å². The van der Waals surface area contributed by atoms with Gasteiger partial charge in [0.2, 0.25) is 5.91 Å². The van der Waals surface area contributed by atoms with Crippen molar-refractivity contribution in [3.8, 4) is 11.8 Å². The summed E-state index contributed by atoms with van der Waals surface area (Å²) in [6.07, 6.45) is 1.02. The summed E-state index contributed by atoms with van der Waals surface area (Å²) in [7, 11) is 0. The maximum Gasteiger partial charge on any atom is 0.224 e. The highest BCUT2D eigenvalue weighted by Gasteiger charge is 2.25. The van der Waals surface area contributed by atoms with Gasteiger partial charge in [0, 0.05) is 13.0 Å².